The predicted molar refractivity (Wildman–Crippen MR) is 104 cm³/mol. The molecular weight excluding hydrogens is 381 g/mol. The molecule has 1 amide bonds. The molecule has 1 N–H and O–H groups in total. The molecule has 0 aliphatic carbocycles. The summed E-state index contributed by atoms with van der Waals surface area (Å²) in [6.45, 7) is 4.32. The van der Waals surface area contributed by atoms with E-state index in [1.807, 2.05) is 6.07 Å². The van der Waals surface area contributed by atoms with Gasteiger partial charge in [0.2, 0.25) is 5.78 Å². The van der Waals surface area contributed by atoms with Gasteiger partial charge in [-0.2, -0.15) is 5.10 Å². The number of benzene rings is 1. The molecule has 1 fully saturated rings. The summed E-state index contributed by atoms with van der Waals surface area (Å²) in [6.07, 6.45) is 1.30. The fraction of sp³-hybridized carbons (Fsp3) is 0.421. The van der Waals surface area contributed by atoms with Gasteiger partial charge in [-0.25, -0.2) is 0 Å². The van der Waals surface area contributed by atoms with Crippen molar-refractivity contribution in [3.8, 4) is 0 Å². The topological polar surface area (TPSA) is 102 Å². The maximum Gasteiger partial charge on any atom is 0.378 e. The van der Waals surface area contributed by atoms with Crippen LogP contribution in [0.3, 0.4) is 0 Å². The molecule has 0 spiro atoms. The number of carbonyl (C=O) groups is 2. The third kappa shape index (κ3) is 4.09. The number of likely N-dealkylation sites (tertiary alicyclic amines) is 1. The average molecular weight is 405 g/mol. The van der Waals surface area contributed by atoms with Gasteiger partial charge in [-0.15, -0.1) is 0 Å². The Labute approximate surface area is 163 Å². The molecule has 28 heavy (non-hydrogen) atoms. The Balaban J connectivity index is 1.81. The van der Waals surface area contributed by atoms with E-state index < -0.39 is 13.6 Å². The van der Waals surface area contributed by atoms with Crippen molar-refractivity contribution in [3.63, 3.8) is 0 Å². The molecule has 8 nitrogen and oxygen atoms in total. The standard InChI is InChI=1S/C19H24N3O5P/c1-3-26-28(25,27-4-2)17-13-15(20-21-17)18(23)16-11-8-12-22(16)19(24)14-9-6-5-7-10-14/h5-7,9-10,13,16H,3-4,8,11-12H2,1-2H3,(H,20,21)/t16-/m0/s1. The van der Waals surface area contributed by atoms with Gasteiger partial charge >= 0.3 is 7.60 Å². The zero-order valence-corrected chi connectivity index (χ0v) is 16.9. The summed E-state index contributed by atoms with van der Waals surface area (Å²) in [5, 5.41) is 6.62. The van der Waals surface area contributed by atoms with Crippen LogP contribution in [0.5, 0.6) is 0 Å². The number of nitrogens with zero attached hydrogens (tertiary/aromatic N) is 2. The van der Waals surface area contributed by atoms with Crippen LogP contribution >= 0.6 is 7.60 Å². The third-order valence-electron chi connectivity index (χ3n) is 4.55. The monoisotopic (exact) mass is 405 g/mol. The Kier molecular flexibility index (Phi) is 6.44. The van der Waals surface area contributed by atoms with Crippen LogP contribution in [0.4, 0.5) is 0 Å². The molecule has 2 aromatic rings. The summed E-state index contributed by atoms with van der Waals surface area (Å²) >= 11 is 0. The van der Waals surface area contributed by atoms with E-state index in [2.05, 4.69) is 10.2 Å². The van der Waals surface area contributed by atoms with Crippen LogP contribution in [-0.4, -0.2) is 52.6 Å². The molecule has 150 valence electrons. The van der Waals surface area contributed by atoms with Crippen LogP contribution in [0, 0.1) is 0 Å². The van der Waals surface area contributed by atoms with Crippen molar-refractivity contribution in [3.05, 3.63) is 47.7 Å². The van der Waals surface area contributed by atoms with Crippen LogP contribution in [0.2, 0.25) is 0 Å². The van der Waals surface area contributed by atoms with Crippen LogP contribution in [-0.2, 0) is 13.6 Å². The lowest BCUT2D eigenvalue weighted by atomic mass is 10.1. The summed E-state index contributed by atoms with van der Waals surface area (Å²) < 4.78 is 23.4. The molecule has 0 saturated carbocycles. The van der Waals surface area contributed by atoms with Crippen molar-refractivity contribution < 1.29 is 23.2 Å². The quantitative estimate of drug-likeness (QED) is 0.535. The van der Waals surface area contributed by atoms with E-state index in [4.69, 9.17) is 9.05 Å². The molecule has 1 atom stereocenters. The van der Waals surface area contributed by atoms with Crippen LogP contribution in [0.1, 0.15) is 47.5 Å². The lowest BCUT2D eigenvalue weighted by molar-refractivity contribution is 0.0669. The van der Waals surface area contributed by atoms with E-state index >= 15 is 0 Å². The first kappa shape index (κ1) is 20.5. The van der Waals surface area contributed by atoms with E-state index in [-0.39, 0.29) is 36.0 Å². The molecule has 1 aromatic carbocycles. The highest BCUT2D eigenvalue weighted by molar-refractivity contribution is 7.61. The first-order chi connectivity index (χ1) is 13.5. The average Bonchev–Trinajstić information content (AvgIpc) is 3.38. The molecule has 1 aliphatic heterocycles. The van der Waals surface area contributed by atoms with Gasteiger partial charge in [-0.3, -0.25) is 19.3 Å². The number of rotatable bonds is 8. The van der Waals surface area contributed by atoms with E-state index in [1.165, 1.54) is 6.07 Å². The van der Waals surface area contributed by atoms with Gasteiger partial charge < -0.3 is 13.9 Å². The normalized spacial score (nSPS) is 17.1. The van der Waals surface area contributed by atoms with Crippen molar-refractivity contribution in [1.29, 1.82) is 0 Å². The summed E-state index contributed by atoms with van der Waals surface area (Å²) in [7, 11) is -3.56. The highest BCUT2D eigenvalue weighted by Crippen LogP contribution is 2.46. The number of hydrogen-bond donors (Lipinski definition) is 1. The number of H-pyrrole nitrogens is 1. The molecule has 2 heterocycles. The number of aromatic nitrogens is 2. The van der Waals surface area contributed by atoms with E-state index in [0.29, 0.717) is 18.5 Å². The van der Waals surface area contributed by atoms with Gasteiger partial charge in [0.15, 0.2) is 0 Å². The number of aromatic amines is 1. The molecule has 1 aromatic heterocycles. The second kappa shape index (κ2) is 8.82. The first-order valence-electron chi connectivity index (χ1n) is 9.35. The van der Waals surface area contributed by atoms with Gasteiger partial charge in [-0.05, 0) is 38.8 Å². The second-order valence-corrected chi connectivity index (χ2v) is 8.35. The minimum absolute atomic E-state index is 0.118. The van der Waals surface area contributed by atoms with Gasteiger partial charge in [0, 0.05) is 18.2 Å². The molecule has 1 saturated heterocycles. The molecule has 9 heteroatoms. The largest absolute Gasteiger partial charge is 0.378 e. The van der Waals surface area contributed by atoms with E-state index in [1.54, 1.807) is 43.0 Å². The van der Waals surface area contributed by atoms with Crippen LogP contribution in [0.15, 0.2) is 36.4 Å². The number of nitrogens with one attached hydrogen (secondary N) is 1. The van der Waals surface area contributed by atoms with Crippen molar-refractivity contribution in [2.45, 2.75) is 32.7 Å². The Morgan fingerprint density at radius 3 is 2.54 bits per heavy atom. The van der Waals surface area contributed by atoms with Crippen LogP contribution < -0.4 is 5.44 Å². The Morgan fingerprint density at radius 1 is 1.21 bits per heavy atom. The van der Waals surface area contributed by atoms with Gasteiger partial charge in [0.05, 0.1) is 19.3 Å². The summed E-state index contributed by atoms with van der Waals surface area (Å²) in [5.74, 6) is -0.467. The second-order valence-electron chi connectivity index (χ2n) is 6.36. The molecular formula is C19H24N3O5P. The maximum absolute atomic E-state index is 13.0. The number of carbonyl (C=O) groups excluding carboxylic acids is 2. The number of amides is 1. The van der Waals surface area contributed by atoms with Gasteiger partial charge in [-0.1, -0.05) is 18.2 Å². The molecule has 1 aliphatic rings. The molecule has 0 bridgehead atoms. The fourth-order valence-corrected chi connectivity index (χ4v) is 4.78. The predicted octanol–water partition coefficient (Wildman–Crippen LogP) is 2.79. The Hall–Kier alpha value is -2.28. The third-order valence-corrected chi connectivity index (χ3v) is 6.56. The first-order valence-corrected chi connectivity index (χ1v) is 10.9. The zero-order chi connectivity index (χ0) is 20.1. The molecule has 3 rings (SSSR count). The lowest BCUT2D eigenvalue weighted by Crippen LogP contribution is -2.40. The van der Waals surface area contributed by atoms with Crippen LogP contribution in [0.25, 0.3) is 0 Å². The minimum Gasteiger partial charge on any atom is -0.328 e. The van der Waals surface area contributed by atoms with Crippen molar-refractivity contribution >= 4 is 24.7 Å². The van der Waals surface area contributed by atoms with E-state index in [0.717, 1.165) is 6.42 Å². The fourth-order valence-electron chi connectivity index (χ4n) is 3.29. The maximum atomic E-state index is 13.0. The lowest BCUT2D eigenvalue weighted by Gasteiger charge is -2.23. The van der Waals surface area contributed by atoms with Gasteiger partial charge in [0.1, 0.15) is 11.1 Å². The molecule has 0 unspecified atom stereocenters. The number of Topliss-reactive ketones (excluding diaryl/α,β-unsaturated/α-hetero) is 1. The number of ketones is 1. The SMILES string of the molecule is CCOP(=O)(OCC)c1cc(C(=O)[C@@H]2CCCN2C(=O)c2ccccc2)n[nH]1. The minimum atomic E-state index is -3.56. The van der Waals surface area contributed by atoms with Crippen molar-refractivity contribution in [2.24, 2.45) is 0 Å². The van der Waals surface area contributed by atoms with Gasteiger partial charge in [0.25, 0.3) is 5.91 Å². The summed E-state index contributed by atoms with van der Waals surface area (Å²) in [5.41, 5.74) is 0.799. The van der Waals surface area contributed by atoms with Crippen molar-refractivity contribution in [2.75, 3.05) is 19.8 Å². The summed E-state index contributed by atoms with van der Waals surface area (Å²) in [6, 6.07) is 9.69. The molecule has 0 radical (unpaired) electrons. The Bertz CT molecular complexity index is 873. The van der Waals surface area contributed by atoms with E-state index in [9.17, 15) is 14.2 Å². The highest BCUT2D eigenvalue weighted by Gasteiger charge is 2.37. The summed E-state index contributed by atoms with van der Waals surface area (Å²) in [4.78, 5) is 27.4. The smallest absolute Gasteiger partial charge is 0.328 e. The Morgan fingerprint density at radius 2 is 1.89 bits per heavy atom. The van der Waals surface area contributed by atoms with Crippen molar-refractivity contribution in [1.82, 2.24) is 15.1 Å². The number of hydrogen-bond acceptors (Lipinski definition) is 6. The highest BCUT2D eigenvalue weighted by atomic mass is 31.2. The zero-order valence-electron chi connectivity index (χ0n) is 16.0.